The Labute approximate surface area is 140 Å². The van der Waals surface area contributed by atoms with Crippen molar-refractivity contribution in [3.8, 4) is 11.5 Å². The van der Waals surface area contributed by atoms with E-state index in [1.54, 1.807) is 14.2 Å². The van der Waals surface area contributed by atoms with Gasteiger partial charge in [-0.1, -0.05) is 30.3 Å². The number of carbonyl (C=O) groups is 1. The summed E-state index contributed by atoms with van der Waals surface area (Å²) in [6.45, 7) is 0.509. The molecule has 5 heteroatoms. The summed E-state index contributed by atoms with van der Waals surface area (Å²) < 4.78 is 10.7. The highest BCUT2D eigenvalue weighted by Gasteiger charge is 2.54. The predicted molar refractivity (Wildman–Crippen MR) is 89.2 cm³/mol. The number of Topliss-reactive ketones (excluding diaryl/α,β-unsaturated/α-hetero) is 1. The average molecular weight is 322 g/mol. The molecule has 5 nitrogen and oxygen atoms in total. The molecule has 0 fully saturated rings. The lowest BCUT2D eigenvalue weighted by Gasteiger charge is -2.26. The molecule has 4 rings (SSSR count). The van der Waals surface area contributed by atoms with E-state index in [1.165, 1.54) is 0 Å². The molecule has 1 aliphatic heterocycles. The predicted octanol–water partition coefficient (Wildman–Crippen LogP) is 3.43. The van der Waals surface area contributed by atoms with Crippen molar-refractivity contribution in [2.45, 2.75) is 17.9 Å². The van der Waals surface area contributed by atoms with Crippen LogP contribution >= 0.6 is 0 Å². The molecule has 0 N–H and O–H groups in total. The number of nitrogens with zero attached hydrogens (tertiary/aromatic N) is 2. The van der Waals surface area contributed by atoms with Crippen LogP contribution in [-0.2, 0) is 6.42 Å². The third kappa shape index (κ3) is 1.97. The minimum atomic E-state index is -0.816. The number of benzene rings is 2. The minimum absolute atomic E-state index is 0.0686. The molecule has 2 aliphatic rings. The Hall–Kier alpha value is -2.69. The quantitative estimate of drug-likeness (QED) is 0.870. The first-order chi connectivity index (χ1) is 11.7. The van der Waals surface area contributed by atoms with Gasteiger partial charge in [0.1, 0.15) is 0 Å². The van der Waals surface area contributed by atoms with E-state index in [4.69, 9.17) is 9.47 Å². The van der Waals surface area contributed by atoms with Gasteiger partial charge in [-0.3, -0.25) is 4.79 Å². The zero-order chi connectivity index (χ0) is 16.7. The van der Waals surface area contributed by atoms with Gasteiger partial charge in [-0.15, -0.1) is 0 Å². The maximum atomic E-state index is 13.1. The standard InChI is InChI=1S/C19H18N2O3/c1-23-16-8-7-12(9-17(16)24-2)15-11-20-21-19(15)10-13-5-3-4-6-14(13)18(19)22/h3-9,15H,10-11H2,1-2H3. The van der Waals surface area contributed by atoms with Crippen LogP contribution in [0, 0.1) is 0 Å². The van der Waals surface area contributed by atoms with E-state index in [0.717, 1.165) is 16.7 Å². The summed E-state index contributed by atoms with van der Waals surface area (Å²) in [7, 11) is 3.22. The van der Waals surface area contributed by atoms with Crippen LogP contribution in [0.5, 0.6) is 11.5 Å². The van der Waals surface area contributed by atoms with Gasteiger partial charge in [-0.05, 0) is 23.3 Å². The summed E-state index contributed by atoms with van der Waals surface area (Å²) in [5, 5.41) is 8.66. The minimum Gasteiger partial charge on any atom is -0.493 e. The topological polar surface area (TPSA) is 60.2 Å². The van der Waals surface area contributed by atoms with Crippen LogP contribution in [0.15, 0.2) is 52.7 Å². The average Bonchev–Trinajstić information content (AvgIpc) is 3.17. The Morgan fingerprint density at radius 1 is 1.08 bits per heavy atom. The number of hydrogen-bond acceptors (Lipinski definition) is 5. The van der Waals surface area contributed by atoms with Gasteiger partial charge in [0.2, 0.25) is 0 Å². The van der Waals surface area contributed by atoms with Gasteiger partial charge in [0.05, 0.1) is 20.8 Å². The highest BCUT2D eigenvalue weighted by atomic mass is 16.5. The molecule has 0 amide bonds. The van der Waals surface area contributed by atoms with Crippen molar-refractivity contribution < 1.29 is 14.3 Å². The van der Waals surface area contributed by atoms with Gasteiger partial charge in [-0.2, -0.15) is 10.2 Å². The molecule has 0 saturated heterocycles. The van der Waals surface area contributed by atoms with Crippen molar-refractivity contribution in [1.82, 2.24) is 0 Å². The van der Waals surface area contributed by atoms with Crippen molar-refractivity contribution in [2.24, 2.45) is 10.2 Å². The van der Waals surface area contributed by atoms with Gasteiger partial charge in [0, 0.05) is 17.9 Å². The lowest BCUT2D eigenvalue weighted by molar-refractivity contribution is 0.0897. The van der Waals surface area contributed by atoms with Crippen molar-refractivity contribution in [2.75, 3.05) is 20.8 Å². The molecule has 122 valence electrons. The van der Waals surface area contributed by atoms with Gasteiger partial charge in [0.25, 0.3) is 0 Å². The molecule has 1 heterocycles. The number of methoxy groups -OCH3 is 2. The molecular weight excluding hydrogens is 304 g/mol. The van der Waals surface area contributed by atoms with Crippen LogP contribution in [0.2, 0.25) is 0 Å². The van der Waals surface area contributed by atoms with Crippen LogP contribution in [0.1, 0.15) is 27.4 Å². The second-order valence-electron chi connectivity index (χ2n) is 6.18. The maximum absolute atomic E-state index is 13.1. The van der Waals surface area contributed by atoms with E-state index in [0.29, 0.717) is 24.5 Å². The summed E-state index contributed by atoms with van der Waals surface area (Å²) in [5.41, 5.74) is 2.00. The summed E-state index contributed by atoms with van der Waals surface area (Å²) in [4.78, 5) is 13.1. The number of hydrogen-bond donors (Lipinski definition) is 0. The Kier molecular flexibility index (Phi) is 3.37. The first-order valence-corrected chi connectivity index (χ1v) is 7.93. The summed E-state index contributed by atoms with van der Waals surface area (Å²) >= 11 is 0. The van der Waals surface area contributed by atoms with Gasteiger partial charge in [-0.25, -0.2) is 0 Å². The van der Waals surface area contributed by atoms with Crippen molar-refractivity contribution in [1.29, 1.82) is 0 Å². The van der Waals surface area contributed by atoms with Gasteiger partial charge in [0.15, 0.2) is 22.8 Å². The molecule has 0 radical (unpaired) electrons. The fourth-order valence-electron chi connectivity index (χ4n) is 3.78. The first-order valence-electron chi connectivity index (χ1n) is 7.93. The molecule has 0 saturated carbocycles. The first kappa shape index (κ1) is 14.9. The van der Waals surface area contributed by atoms with E-state index >= 15 is 0 Å². The third-order valence-electron chi connectivity index (χ3n) is 5.01. The molecule has 2 atom stereocenters. The Balaban J connectivity index is 1.77. The number of azo groups is 1. The van der Waals surface area contributed by atoms with Crippen molar-refractivity contribution in [3.63, 3.8) is 0 Å². The van der Waals surface area contributed by atoms with E-state index in [9.17, 15) is 4.79 Å². The molecule has 0 bridgehead atoms. The number of ether oxygens (including phenoxy) is 2. The monoisotopic (exact) mass is 322 g/mol. The van der Waals surface area contributed by atoms with E-state index < -0.39 is 5.54 Å². The zero-order valence-corrected chi connectivity index (χ0v) is 13.7. The Bertz CT molecular complexity index is 846. The highest BCUT2D eigenvalue weighted by molar-refractivity contribution is 6.08. The van der Waals surface area contributed by atoms with Gasteiger partial charge >= 0.3 is 0 Å². The Morgan fingerprint density at radius 3 is 2.62 bits per heavy atom. The van der Waals surface area contributed by atoms with Crippen LogP contribution in [0.4, 0.5) is 0 Å². The van der Waals surface area contributed by atoms with Crippen LogP contribution in [0.25, 0.3) is 0 Å². The fraction of sp³-hybridized carbons (Fsp3) is 0.316. The molecule has 1 aliphatic carbocycles. The summed E-state index contributed by atoms with van der Waals surface area (Å²) in [6, 6.07) is 13.5. The lowest BCUT2D eigenvalue weighted by atomic mass is 9.78. The number of carbonyl (C=O) groups excluding carboxylic acids is 1. The second kappa shape index (κ2) is 5.44. The molecule has 1 spiro atoms. The number of ketones is 1. The molecule has 24 heavy (non-hydrogen) atoms. The van der Waals surface area contributed by atoms with E-state index in [2.05, 4.69) is 10.2 Å². The zero-order valence-electron chi connectivity index (χ0n) is 13.7. The Morgan fingerprint density at radius 2 is 1.88 bits per heavy atom. The summed E-state index contributed by atoms with van der Waals surface area (Å²) in [6.07, 6.45) is 0.602. The molecule has 2 unspecified atom stereocenters. The van der Waals surface area contributed by atoms with Crippen LogP contribution in [0.3, 0.4) is 0 Å². The molecule has 0 aromatic heterocycles. The second-order valence-corrected chi connectivity index (χ2v) is 6.18. The van der Waals surface area contributed by atoms with Crippen LogP contribution < -0.4 is 9.47 Å². The van der Waals surface area contributed by atoms with Crippen LogP contribution in [-0.4, -0.2) is 32.1 Å². The number of rotatable bonds is 3. The van der Waals surface area contributed by atoms with E-state index in [-0.39, 0.29) is 11.7 Å². The largest absolute Gasteiger partial charge is 0.493 e. The lowest BCUT2D eigenvalue weighted by Crippen LogP contribution is -2.38. The van der Waals surface area contributed by atoms with Crippen molar-refractivity contribution in [3.05, 3.63) is 59.2 Å². The highest BCUT2D eigenvalue weighted by Crippen LogP contribution is 2.47. The smallest absolute Gasteiger partial charge is 0.193 e. The van der Waals surface area contributed by atoms with E-state index in [1.807, 2.05) is 42.5 Å². The summed E-state index contributed by atoms with van der Waals surface area (Å²) in [5.74, 6) is 1.31. The third-order valence-corrected chi connectivity index (χ3v) is 5.01. The molecule has 2 aromatic carbocycles. The maximum Gasteiger partial charge on any atom is 0.193 e. The molecular formula is C19H18N2O3. The normalized spacial score (nSPS) is 24.4. The van der Waals surface area contributed by atoms with Crippen molar-refractivity contribution >= 4 is 5.78 Å². The fourth-order valence-corrected chi connectivity index (χ4v) is 3.78. The molecule has 2 aromatic rings. The number of fused-ring (bicyclic) bond motifs is 1. The SMILES string of the molecule is COc1ccc(C2CN=NC23Cc2ccccc2C3=O)cc1OC. The van der Waals surface area contributed by atoms with Gasteiger partial charge < -0.3 is 9.47 Å².